The van der Waals surface area contributed by atoms with Gasteiger partial charge in [0, 0.05) is 0 Å². The predicted octanol–water partition coefficient (Wildman–Crippen LogP) is -3.33. The quantitative estimate of drug-likeness (QED) is 0.173. The van der Waals surface area contributed by atoms with Crippen LogP contribution in [0.4, 0.5) is 0 Å². The average Bonchev–Trinajstić information content (AvgIpc) is 2.55. The molecule has 0 amide bonds. The minimum absolute atomic E-state index is 0. The Morgan fingerprint density at radius 2 is 0.346 bits per heavy atom. The van der Waals surface area contributed by atoms with E-state index >= 15 is 0 Å². The van der Waals surface area contributed by atoms with Gasteiger partial charge in [0.05, 0.1) is 68.5 Å². The molecule has 0 radical (unpaired) electrons. The van der Waals surface area contributed by atoms with Crippen LogP contribution in [0.1, 0.15) is 13.8 Å². The summed E-state index contributed by atoms with van der Waals surface area (Å²) in [7, 11) is -27.4. The number of rotatable bonds is 12. The molecule has 0 aliphatic rings. The third-order valence-corrected chi connectivity index (χ3v) is 26.5. The SMILES string of the molecule is CC[O-].CC[O-].C[Si](C)([O-])O[Si](C)(C)O[Si](C)(C)[O-].C[Si](C)([O-])O[Si](C)(C)O[Si](C)(C)[O-].C[Si](C)([O-])O[Si](C)(C)[O-].C[Si](C)([O-])O[Si](C)(C)[O-].[Ta+5].[Ta+5]. The Hall–Kier alpha value is 3.01. The van der Waals surface area contributed by atoms with Gasteiger partial charge in [-0.05, 0) is 26.2 Å². The van der Waals surface area contributed by atoms with Crippen molar-refractivity contribution < 1.29 is 118 Å². The van der Waals surface area contributed by atoms with Crippen LogP contribution in [0.3, 0.4) is 0 Å². The van der Waals surface area contributed by atoms with Crippen LogP contribution in [0.25, 0.3) is 0 Å². The van der Waals surface area contributed by atoms with Crippen LogP contribution >= 0.6 is 0 Å². The zero-order chi connectivity index (χ0) is 42.7. The first-order chi connectivity index (χ1) is 21.1. The molecule has 312 valence electrons. The Bertz CT molecular complexity index is 703. The van der Waals surface area contributed by atoms with E-state index in [2.05, 4.69) is 0 Å². The van der Waals surface area contributed by atoms with Gasteiger partial charge in [-0.1, -0.05) is 119 Å². The summed E-state index contributed by atoms with van der Waals surface area (Å²) in [6.07, 6.45) is 0. The molecule has 0 bridgehead atoms. The van der Waals surface area contributed by atoms with Crippen LogP contribution in [-0.4, -0.2) is 98.8 Å². The van der Waals surface area contributed by atoms with E-state index in [0.717, 1.165) is 0 Å². The maximum atomic E-state index is 11.4. The summed E-state index contributed by atoms with van der Waals surface area (Å²) < 4.78 is 30.9. The van der Waals surface area contributed by atoms with Crippen molar-refractivity contribution in [1.29, 1.82) is 0 Å². The molecular formula is C24H70O16Si10Ta2. The van der Waals surface area contributed by atoms with Gasteiger partial charge < -0.3 is 73.3 Å². The standard InChI is InChI=1S/2C6H18O4Si3.2C4H12O3Si2.2C2H5O.2Ta/c2*1-11(2,7)9-13(5,6)10-12(3,4)8;2*1-8(2,5)7-9(3,4)6;2*1-2-3;;/h2*1-6H3;2*1-4H3;2*2H2,1H3;;/q4*-2;2*-1;2*+5. The van der Waals surface area contributed by atoms with Crippen molar-refractivity contribution in [2.45, 2.75) is 145 Å². The molecule has 0 aliphatic heterocycles. The van der Waals surface area contributed by atoms with Crippen LogP contribution in [0.15, 0.2) is 0 Å². The summed E-state index contributed by atoms with van der Waals surface area (Å²) in [4.78, 5) is 89.0. The van der Waals surface area contributed by atoms with Gasteiger partial charge in [-0.2, -0.15) is 0 Å². The van der Waals surface area contributed by atoms with Crippen LogP contribution in [0, 0.1) is 0 Å². The molecule has 52 heavy (non-hydrogen) atoms. The summed E-state index contributed by atoms with van der Waals surface area (Å²) in [5.41, 5.74) is 0. The van der Waals surface area contributed by atoms with Crippen molar-refractivity contribution in [3.63, 3.8) is 0 Å². The van der Waals surface area contributed by atoms with Crippen molar-refractivity contribution in [2.24, 2.45) is 0 Å². The zero-order valence-electron chi connectivity index (χ0n) is 35.8. The fraction of sp³-hybridized carbons (Fsp3) is 1.00. The molecule has 16 nitrogen and oxygen atoms in total. The predicted molar refractivity (Wildman–Crippen MR) is 202 cm³/mol. The maximum absolute atomic E-state index is 11.4. The van der Waals surface area contributed by atoms with E-state index in [1.165, 1.54) is 52.4 Å². The Balaban J connectivity index is -0.0000000784. The van der Waals surface area contributed by atoms with E-state index in [9.17, 15) is 38.4 Å². The number of hydrogen-bond donors (Lipinski definition) is 0. The van der Waals surface area contributed by atoms with Crippen molar-refractivity contribution in [3.8, 4) is 0 Å². The molecule has 0 N–H and O–H groups in total. The van der Waals surface area contributed by atoms with E-state index < -0.39 is 85.6 Å². The molecule has 0 saturated heterocycles. The second-order valence-electron chi connectivity index (χ2n) is 15.2. The fourth-order valence-corrected chi connectivity index (χ4v) is 33.1. The monoisotopic (exact) mass is 1260 g/mol. The van der Waals surface area contributed by atoms with Gasteiger partial charge in [0.15, 0.2) is 0 Å². The molecule has 0 spiro atoms. The molecule has 0 aromatic carbocycles. The van der Waals surface area contributed by atoms with Crippen molar-refractivity contribution in [2.75, 3.05) is 13.2 Å². The molecule has 0 aliphatic carbocycles. The van der Waals surface area contributed by atoms with Gasteiger partial charge >= 0.3 is 61.9 Å². The summed E-state index contributed by atoms with van der Waals surface area (Å²) in [6, 6.07) is 0. The Labute approximate surface area is 358 Å². The van der Waals surface area contributed by atoms with E-state index in [-0.39, 0.29) is 58.0 Å². The van der Waals surface area contributed by atoms with E-state index in [0.29, 0.717) is 0 Å². The number of hydrogen-bond acceptors (Lipinski definition) is 16. The van der Waals surface area contributed by atoms with Crippen LogP contribution in [-0.2, 0) is 69.5 Å². The molecule has 0 aromatic heterocycles. The average molecular weight is 1260 g/mol. The van der Waals surface area contributed by atoms with Gasteiger partial charge in [0.1, 0.15) is 0 Å². The Morgan fingerprint density at radius 3 is 0.385 bits per heavy atom. The Kier molecular flexibility index (Phi) is 42.0. The molecule has 0 aromatic rings. The molecule has 0 atom stereocenters. The van der Waals surface area contributed by atoms with Gasteiger partial charge in [-0.3, -0.25) is 0 Å². The smallest absolute Gasteiger partial charge is 0.855 e. The van der Waals surface area contributed by atoms with Gasteiger partial charge in [0.2, 0.25) is 0 Å². The summed E-state index contributed by atoms with van der Waals surface area (Å²) in [6.45, 7) is 34.5. The maximum Gasteiger partial charge on any atom is 5.00 e. The second-order valence-corrected chi connectivity index (χ2v) is 48.1. The summed E-state index contributed by atoms with van der Waals surface area (Å²) in [5.74, 6) is 0. The summed E-state index contributed by atoms with van der Waals surface area (Å²) >= 11 is 0. The van der Waals surface area contributed by atoms with E-state index in [4.69, 9.17) is 34.9 Å². The third kappa shape index (κ3) is 94.2. The molecule has 28 heteroatoms. The van der Waals surface area contributed by atoms with Crippen molar-refractivity contribution >= 4 is 85.6 Å². The van der Waals surface area contributed by atoms with E-state index in [1.807, 2.05) is 0 Å². The molecular weight excluding hydrogens is 1190 g/mol. The fourth-order valence-electron chi connectivity index (χ4n) is 3.59. The first kappa shape index (κ1) is 72.6. The van der Waals surface area contributed by atoms with Crippen LogP contribution in [0.2, 0.25) is 131 Å². The largest absolute Gasteiger partial charge is 5.00 e. The topological polar surface area (TPSA) is 286 Å². The van der Waals surface area contributed by atoms with Gasteiger partial charge in [0.25, 0.3) is 0 Å². The molecule has 0 heterocycles. The molecule has 0 rings (SSSR count). The minimum Gasteiger partial charge on any atom is -0.855 e. The molecule has 0 fully saturated rings. The Morgan fingerprint density at radius 1 is 0.269 bits per heavy atom. The van der Waals surface area contributed by atoms with Crippen LogP contribution in [0.5, 0.6) is 0 Å². The second kappa shape index (κ2) is 30.1. The van der Waals surface area contributed by atoms with E-state index in [1.54, 1.807) is 92.4 Å². The molecule has 0 saturated carbocycles. The van der Waals surface area contributed by atoms with Gasteiger partial charge in [-0.15, -0.1) is 13.2 Å². The normalized spacial score (nSPS) is 12.9. The van der Waals surface area contributed by atoms with Crippen LogP contribution < -0.4 is 48.6 Å². The summed E-state index contributed by atoms with van der Waals surface area (Å²) in [5, 5.41) is 17.9. The molecule has 0 unspecified atom stereocenters. The zero-order valence-corrected chi connectivity index (χ0v) is 52.3. The van der Waals surface area contributed by atoms with Gasteiger partial charge in [-0.25, -0.2) is 0 Å². The first-order valence-electron chi connectivity index (χ1n) is 16.1. The minimum atomic E-state index is -2.82. The van der Waals surface area contributed by atoms with Crippen molar-refractivity contribution in [3.05, 3.63) is 0 Å². The third-order valence-electron chi connectivity index (χ3n) is 2.95. The first-order valence-corrected chi connectivity index (χ1v) is 44.2. The van der Waals surface area contributed by atoms with Crippen molar-refractivity contribution in [1.82, 2.24) is 0 Å².